The maximum Gasteiger partial charge on any atom is 0.408 e. The number of aliphatic hydroxyl groups excluding tert-OH is 1. The second kappa shape index (κ2) is 12.2. The minimum absolute atomic E-state index is 0.102. The van der Waals surface area contributed by atoms with Gasteiger partial charge in [-0.1, -0.05) is 13.8 Å². The summed E-state index contributed by atoms with van der Waals surface area (Å²) in [4.78, 5) is 37.8. The number of rotatable bonds is 11. The maximum atomic E-state index is 13.5. The molecule has 5 N–H and O–H groups in total. The van der Waals surface area contributed by atoms with E-state index in [9.17, 15) is 41.2 Å². The molecular weight excluding hydrogens is 516 g/mol. The Bertz CT molecular complexity index is 934. The minimum atomic E-state index is -4.98. The van der Waals surface area contributed by atoms with Gasteiger partial charge >= 0.3 is 6.09 Å². The van der Waals surface area contributed by atoms with Crippen LogP contribution in [0, 0.1) is 17.8 Å². The van der Waals surface area contributed by atoms with Crippen LogP contribution in [0.15, 0.2) is 0 Å². The number of alkyl halides is 2. The van der Waals surface area contributed by atoms with Gasteiger partial charge in [0.1, 0.15) is 11.6 Å². The molecule has 3 amide bonds. The van der Waals surface area contributed by atoms with Gasteiger partial charge in [-0.3, -0.25) is 14.1 Å². The maximum absolute atomic E-state index is 13.5. The fourth-order valence-electron chi connectivity index (χ4n) is 4.85. The van der Waals surface area contributed by atoms with Crippen LogP contribution in [-0.2, 0) is 24.4 Å². The molecule has 214 valence electrons. The third-order valence-corrected chi connectivity index (χ3v) is 7.99. The number of halogens is 2. The quantitative estimate of drug-likeness (QED) is 0.241. The van der Waals surface area contributed by atoms with Crippen molar-refractivity contribution in [3.05, 3.63) is 0 Å². The summed E-state index contributed by atoms with van der Waals surface area (Å²) in [6, 6.07) is -2.73. The molecule has 11 nitrogen and oxygen atoms in total. The van der Waals surface area contributed by atoms with Crippen LogP contribution in [0.4, 0.5) is 13.6 Å². The van der Waals surface area contributed by atoms with E-state index in [2.05, 4.69) is 16.0 Å². The third-order valence-electron chi connectivity index (χ3n) is 7.05. The van der Waals surface area contributed by atoms with Crippen molar-refractivity contribution in [3.63, 3.8) is 0 Å². The van der Waals surface area contributed by atoms with Crippen molar-refractivity contribution in [1.29, 1.82) is 0 Å². The molecule has 1 saturated heterocycles. The van der Waals surface area contributed by atoms with Crippen molar-refractivity contribution in [2.75, 3.05) is 6.54 Å². The number of aliphatic hydroxyl groups is 1. The normalized spacial score (nSPS) is 23.2. The number of hydrogen-bond acceptors (Lipinski definition) is 7. The van der Waals surface area contributed by atoms with E-state index in [1.807, 2.05) is 0 Å². The van der Waals surface area contributed by atoms with Gasteiger partial charge in [-0.2, -0.15) is 8.42 Å². The molecule has 0 aromatic rings. The molecule has 1 saturated carbocycles. The van der Waals surface area contributed by atoms with Gasteiger partial charge in [-0.05, 0) is 57.8 Å². The smallest absolute Gasteiger partial charge is 0.408 e. The fraction of sp³-hybridized carbons (Fsp3) is 0.870. The second-order valence-corrected chi connectivity index (χ2v) is 12.5. The Morgan fingerprint density at radius 1 is 1.19 bits per heavy atom. The Morgan fingerprint density at radius 2 is 1.78 bits per heavy atom. The predicted octanol–water partition coefficient (Wildman–Crippen LogP) is 1.95. The molecule has 1 aliphatic heterocycles. The van der Waals surface area contributed by atoms with Gasteiger partial charge in [0.2, 0.25) is 23.2 Å². The summed E-state index contributed by atoms with van der Waals surface area (Å²) in [6.45, 7) is 7.15. The summed E-state index contributed by atoms with van der Waals surface area (Å²) in [5, 5.41) is 17.6. The van der Waals surface area contributed by atoms with Gasteiger partial charge in [0.05, 0.1) is 6.04 Å². The van der Waals surface area contributed by atoms with Crippen LogP contribution < -0.4 is 16.0 Å². The lowest BCUT2D eigenvalue weighted by atomic mass is 9.77. The van der Waals surface area contributed by atoms with Crippen LogP contribution in [0.5, 0.6) is 0 Å². The molecule has 14 heteroatoms. The molecule has 37 heavy (non-hydrogen) atoms. The van der Waals surface area contributed by atoms with Crippen LogP contribution in [0.3, 0.4) is 0 Å². The van der Waals surface area contributed by atoms with E-state index in [0.29, 0.717) is 13.0 Å². The molecule has 0 bridgehead atoms. The second-order valence-electron chi connectivity index (χ2n) is 11.0. The van der Waals surface area contributed by atoms with E-state index >= 15 is 0 Å². The van der Waals surface area contributed by atoms with Crippen molar-refractivity contribution < 1.29 is 46.0 Å². The monoisotopic (exact) mass is 555 g/mol. The van der Waals surface area contributed by atoms with Gasteiger partial charge in [-0.15, -0.1) is 0 Å². The summed E-state index contributed by atoms with van der Waals surface area (Å²) in [5.41, 5.74) is -3.47. The van der Waals surface area contributed by atoms with Crippen LogP contribution in [0.25, 0.3) is 0 Å². The molecule has 3 unspecified atom stereocenters. The van der Waals surface area contributed by atoms with E-state index in [0.717, 1.165) is 0 Å². The predicted molar refractivity (Wildman–Crippen MR) is 129 cm³/mol. The molecule has 2 aliphatic rings. The fourth-order valence-corrected chi connectivity index (χ4v) is 5.44. The first-order valence-corrected chi connectivity index (χ1v) is 14.0. The lowest BCUT2D eigenvalue weighted by molar-refractivity contribution is -0.126. The Morgan fingerprint density at radius 3 is 2.27 bits per heavy atom. The first-order chi connectivity index (χ1) is 16.9. The lowest BCUT2D eigenvalue weighted by Gasteiger charge is -2.38. The molecule has 0 spiro atoms. The first kappa shape index (κ1) is 31.2. The SMILES string of the molecule is CC(C)CC(NC(=O)OC(C)(C)C1CCC(F)(F)CC1)C(=O)NC(C[C@@H]1CCNC1=O)C(O)S(=O)(=O)O. The highest BCUT2D eigenvalue weighted by Crippen LogP contribution is 2.41. The zero-order valence-electron chi connectivity index (χ0n) is 21.6. The standard InChI is InChI=1S/C23H39F2N3O8S/c1-13(2)11-16(28-21(32)36-22(3,4)15-5-8-23(24,25)9-6-15)19(30)27-17(20(31)37(33,34)35)12-14-7-10-26-18(14)29/h13-17,20,31H,5-12H2,1-4H3,(H,26,29)(H,27,30)(H,28,32)(H,33,34,35)/t14-,16?,17?,20?/m0/s1. The Labute approximate surface area is 216 Å². The van der Waals surface area contributed by atoms with Crippen molar-refractivity contribution in [2.45, 2.75) is 102 Å². The molecule has 0 aromatic heterocycles. The number of carbonyl (C=O) groups is 3. The Hall–Kier alpha value is -2.06. The lowest BCUT2D eigenvalue weighted by Crippen LogP contribution is -2.55. The Kier molecular flexibility index (Phi) is 10.3. The number of nitrogens with one attached hydrogen (secondary N) is 3. The van der Waals surface area contributed by atoms with Crippen LogP contribution in [-0.4, -0.2) is 71.6 Å². The van der Waals surface area contributed by atoms with Crippen LogP contribution in [0.2, 0.25) is 0 Å². The van der Waals surface area contributed by atoms with Crippen molar-refractivity contribution in [3.8, 4) is 0 Å². The van der Waals surface area contributed by atoms with Gasteiger partial charge in [0.25, 0.3) is 10.1 Å². The summed E-state index contributed by atoms with van der Waals surface area (Å²) >= 11 is 0. The van der Waals surface area contributed by atoms with E-state index in [1.54, 1.807) is 27.7 Å². The Balaban J connectivity index is 2.11. The van der Waals surface area contributed by atoms with Crippen molar-refractivity contribution in [1.82, 2.24) is 16.0 Å². The van der Waals surface area contributed by atoms with Crippen LogP contribution >= 0.6 is 0 Å². The van der Waals surface area contributed by atoms with E-state index in [1.165, 1.54) is 0 Å². The molecular formula is C23H39F2N3O8S. The zero-order valence-corrected chi connectivity index (χ0v) is 22.4. The minimum Gasteiger partial charge on any atom is -0.443 e. The van der Waals surface area contributed by atoms with E-state index in [4.69, 9.17) is 4.74 Å². The third kappa shape index (κ3) is 9.32. The number of amides is 3. The molecule has 4 atom stereocenters. The molecule has 1 aliphatic carbocycles. The van der Waals surface area contributed by atoms with Crippen molar-refractivity contribution in [2.24, 2.45) is 17.8 Å². The average Bonchev–Trinajstić information content (AvgIpc) is 3.14. The summed E-state index contributed by atoms with van der Waals surface area (Å²) in [7, 11) is -4.98. The molecule has 2 fully saturated rings. The van der Waals surface area contributed by atoms with E-state index in [-0.39, 0.29) is 56.3 Å². The first-order valence-electron chi connectivity index (χ1n) is 12.5. The van der Waals surface area contributed by atoms with Crippen LogP contribution in [0.1, 0.15) is 72.6 Å². The van der Waals surface area contributed by atoms with Gasteiger partial charge < -0.3 is 25.8 Å². The molecule has 2 rings (SSSR count). The summed E-state index contributed by atoms with van der Waals surface area (Å²) < 4.78 is 65.2. The number of ether oxygens (including phenoxy) is 1. The van der Waals surface area contributed by atoms with Gasteiger partial charge in [-0.25, -0.2) is 13.6 Å². The molecule has 1 heterocycles. The zero-order chi connectivity index (χ0) is 28.2. The average molecular weight is 556 g/mol. The van der Waals surface area contributed by atoms with Gasteiger partial charge in [0, 0.05) is 25.3 Å². The van der Waals surface area contributed by atoms with E-state index < -0.39 is 57.1 Å². The highest BCUT2D eigenvalue weighted by atomic mass is 32.2. The summed E-state index contributed by atoms with van der Waals surface area (Å²) in [6.07, 6.45) is -0.995. The number of hydrogen-bond donors (Lipinski definition) is 5. The largest absolute Gasteiger partial charge is 0.443 e. The highest BCUT2D eigenvalue weighted by molar-refractivity contribution is 7.86. The number of alkyl carbamates (subject to hydrolysis) is 1. The number of carbonyl (C=O) groups excluding carboxylic acids is 3. The molecule has 0 radical (unpaired) electrons. The van der Waals surface area contributed by atoms with Crippen molar-refractivity contribution >= 4 is 28.0 Å². The summed E-state index contributed by atoms with van der Waals surface area (Å²) in [5.74, 6) is -5.04. The van der Waals surface area contributed by atoms with Gasteiger partial charge in [0.15, 0.2) is 0 Å². The highest BCUT2D eigenvalue weighted by Gasteiger charge is 2.43. The topological polar surface area (TPSA) is 171 Å². The molecule has 0 aromatic carbocycles.